The van der Waals surface area contributed by atoms with Crippen molar-refractivity contribution in [1.82, 2.24) is 9.80 Å². The normalized spacial score (nSPS) is 30.9. The van der Waals surface area contributed by atoms with Gasteiger partial charge in [-0.2, -0.15) is 0 Å². The fourth-order valence-corrected chi connectivity index (χ4v) is 4.57. The molecule has 3 nitrogen and oxygen atoms in total. The zero-order chi connectivity index (χ0) is 15.1. The van der Waals surface area contributed by atoms with Crippen molar-refractivity contribution in [3.8, 4) is 0 Å². The van der Waals surface area contributed by atoms with Gasteiger partial charge in [0.1, 0.15) is 5.82 Å². The largest absolute Gasteiger partial charge is 0.325 e. The molecular formula is C18H23FN2O. The minimum Gasteiger partial charge on any atom is -0.325 e. The molecule has 3 aliphatic heterocycles. The number of hydrogen-bond donors (Lipinski definition) is 0. The molecule has 4 rings (SSSR count). The average molecular weight is 302 g/mol. The number of fused-ring (bicyclic) bond motifs is 2. The van der Waals surface area contributed by atoms with Crippen molar-refractivity contribution >= 4 is 6.03 Å². The van der Waals surface area contributed by atoms with Crippen LogP contribution < -0.4 is 0 Å². The fourth-order valence-electron chi connectivity index (χ4n) is 4.57. The predicted octanol–water partition coefficient (Wildman–Crippen LogP) is 3.75. The van der Waals surface area contributed by atoms with Crippen LogP contribution in [0, 0.1) is 5.82 Å². The Bertz CT molecular complexity index is 539. The maximum absolute atomic E-state index is 13.1. The van der Waals surface area contributed by atoms with Gasteiger partial charge in [-0.1, -0.05) is 12.1 Å². The second kappa shape index (κ2) is 5.56. The summed E-state index contributed by atoms with van der Waals surface area (Å²) in [4.78, 5) is 17.0. The summed E-state index contributed by atoms with van der Waals surface area (Å²) in [5.41, 5.74) is 1.23. The first-order chi connectivity index (χ1) is 10.7. The zero-order valence-corrected chi connectivity index (χ0v) is 12.9. The van der Waals surface area contributed by atoms with Crippen molar-refractivity contribution in [2.45, 2.75) is 56.5 Å². The molecule has 0 radical (unpaired) electrons. The molecule has 3 heterocycles. The zero-order valence-electron chi connectivity index (χ0n) is 12.9. The minimum atomic E-state index is -0.173. The van der Waals surface area contributed by atoms with E-state index in [2.05, 4.69) is 4.90 Å². The van der Waals surface area contributed by atoms with Crippen LogP contribution in [0.4, 0.5) is 9.18 Å². The highest BCUT2D eigenvalue weighted by molar-refractivity contribution is 5.76. The molecule has 22 heavy (non-hydrogen) atoms. The second-order valence-corrected chi connectivity index (χ2v) is 6.99. The number of piperidine rings is 1. The molecule has 4 heteroatoms. The number of amides is 2. The fraction of sp³-hybridized carbons (Fsp3) is 0.611. The van der Waals surface area contributed by atoms with Crippen molar-refractivity contribution < 1.29 is 9.18 Å². The topological polar surface area (TPSA) is 23.6 Å². The molecule has 0 aliphatic carbocycles. The van der Waals surface area contributed by atoms with Crippen molar-refractivity contribution in [3.05, 3.63) is 35.6 Å². The molecule has 0 spiro atoms. The molecule has 3 aliphatic rings. The van der Waals surface area contributed by atoms with Crippen LogP contribution in [0.25, 0.3) is 0 Å². The molecule has 1 aromatic carbocycles. The lowest BCUT2D eigenvalue weighted by Gasteiger charge is -2.41. The van der Waals surface area contributed by atoms with Crippen molar-refractivity contribution in [2.75, 3.05) is 13.1 Å². The summed E-state index contributed by atoms with van der Waals surface area (Å²) in [6.07, 6.45) is 6.60. The van der Waals surface area contributed by atoms with Crippen molar-refractivity contribution in [3.63, 3.8) is 0 Å². The van der Waals surface area contributed by atoms with Crippen LogP contribution in [-0.2, 0) is 0 Å². The summed E-state index contributed by atoms with van der Waals surface area (Å²) in [5.74, 6) is 0.300. The van der Waals surface area contributed by atoms with Crippen molar-refractivity contribution in [2.24, 2.45) is 0 Å². The Balaban J connectivity index is 1.49. The lowest BCUT2D eigenvalue weighted by Crippen LogP contribution is -2.51. The smallest absolute Gasteiger partial charge is 0.320 e. The Hall–Kier alpha value is -1.58. The van der Waals surface area contributed by atoms with E-state index in [0.717, 1.165) is 51.6 Å². The van der Waals surface area contributed by atoms with Gasteiger partial charge < -0.3 is 9.80 Å². The van der Waals surface area contributed by atoms with E-state index in [4.69, 9.17) is 0 Å². The molecular weight excluding hydrogens is 279 g/mol. The molecule has 2 amide bonds. The van der Waals surface area contributed by atoms with Gasteiger partial charge in [0.15, 0.2) is 0 Å². The minimum absolute atomic E-state index is 0.173. The number of halogens is 1. The first-order valence-corrected chi connectivity index (χ1v) is 8.55. The summed E-state index contributed by atoms with van der Waals surface area (Å²) in [5, 5.41) is 0. The van der Waals surface area contributed by atoms with Gasteiger partial charge in [-0.3, -0.25) is 0 Å². The highest BCUT2D eigenvalue weighted by Crippen LogP contribution is 2.43. The Kier molecular flexibility index (Phi) is 3.55. The number of carbonyl (C=O) groups excluding carboxylic acids is 1. The monoisotopic (exact) mass is 302 g/mol. The number of likely N-dealkylation sites (tertiary alicyclic amines) is 1. The van der Waals surface area contributed by atoms with Gasteiger partial charge in [0.25, 0.3) is 0 Å². The van der Waals surface area contributed by atoms with E-state index in [1.54, 1.807) is 12.1 Å². The summed E-state index contributed by atoms with van der Waals surface area (Å²) in [7, 11) is 0. The van der Waals surface area contributed by atoms with Crippen LogP contribution in [0.2, 0.25) is 0 Å². The second-order valence-electron chi connectivity index (χ2n) is 6.99. The van der Waals surface area contributed by atoms with Crippen LogP contribution in [0.3, 0.4) is 0 Å². The van der Waals surface area contributed by atoms with E-state index < -0.39 is 0 Å². The van der Waals surface area contributed by atoms with Gasteiger partial charge >= 0.3 is 6.03 Å². The number of nitrogens with zero attached hydrogens (tertiary/aromatic N) is 2. The SMILES string of the molecule is O=C(N1CCCC1)N1[C@@H]2CC[C@H]1CC(c1ccc(F)cc1)C2. The predicted molar refractivity (Wildman–Crippen MR) is 83.2 cm³/mol. The van der Waals surface area contributed by atoms with Gasteiger partial charge in [0.2, 0.25) is 0 Å². The quantitative estimate of drug-likeness (QED) is 0.775. The highest BCUT2D eigenvalue weighted by atomic mass is 19.1. The van der Waals surface area contributed by atoms with E-state index in [1.807, 2.05) is 17.0 Å². The summed E-state index contributed by atoms with van der Waals surface area (Å²) in [6.45, 7) is 1.85. The molecule has 0 saturated carbocycles. The number of urea groups is 1. The average Bonchev–Trinajstić information content (AvgIpc) is 3.14. The molecule has 3 saturated heterocycles. The maximum atomic E-state index is 13.1. The highest BCUT2D eigenvalue weighted by Gasteiger charge is 2.44. The first-order valence-electron chi connectivity index (χ1n) is 8.55. The molecule has 0 aromatic heterocycles. The number of rotatable bonds is 1. The lowest BCUT2D eigenvalue weighted by molar-refractivity contribution is 0.111. The third-order valence-corrected chi connectivity index (χ3v) is 5.67. The van der Waals surface area contributed by atoms with Crippen LogP contribution >= 0.6 is 0 Å². The lowest BCUT2D eigenvalue weighted by atomic mass is 9.85. The van der Waals surface area contributed by atoms with Crippen LogP contribution in [0.1, 0.15) is 50.0 Å². The summed E-state index contributed by atoms with van der Waals surface area (Å²) >= 11 is 0. The first kappa shape index (κ1) is 14.0. The Morgan fingerprint density at radius 3 is 2.18 bits per heavy atom. The van der Waals surface area contributed by atoms with Gasteiger partial charge in [0, 0.05) is 25.2 Å². The Morgan fingerprint density at radius 1 is 1.00 bits per heavy atom. The molecule has 3 atom stereocenters. The van der Waals surface area contributed by atoms with Gasteiger partial charge in [-0.15, -0.1) is 0 Å². The van der Waals surface area contributed by atoms with Crippen LogP contribution in [0.15, 0.2) is 24.3 Å². The number of benzene rings is 1. The molecule has 0 N–H and O–H groups in total. The molecule has 1 aromatic rings. The molecule has 118 valence electrons. The van der Waals surface area contributed by atoms with Crippen molar-refractivity contribution in [1.29, 1.82) is 0 Å². The third kappa shape index (κ3) is 2.38. The molecule has 1 unspecified atom stereocenters. The van der Waals surface area contributed by atoms with Gasteiger partial charge in [-0.05, 0) is 62.1 Å². The van der Waals surface area contributed by atoms with E-state index in [0.29, 0.717) is 18.0 Å². The maximum Gasteiger partial charge on any atom is 0.320 e. The van der Waals surface area contributed by atoms with Gasteiger partial charge in [0.05, 0.1) is 0 Å². The Labute approximate surface area is 131 Å². The van der Waals surface area contributed by atoms with Gasteiger partial charge in [-0.25, -0.2) is 9.18 Å². The summed E-state index contributed by atoms with van der Waals surface area (Å²) in [6, 6.07) is 7.96. The standard InChI is InChI=1S/C18H23FN2O/c19-15-5-3-13(4-6-15)14-11-16-7-8-17(12-14)21(16)18(22)20-9-1-2-10-20/h3-6,14,16-17H,1-2,7-12H2/t14?,16-,17+. The van der Waals surface area contributed by atoms with Crippen LogP contribution in [0.5, 0.6) is 0 Å². The van der Waals surface area contributed by atoms with E-state index >= 15 is 0 Å². The van der Waals surface area contributed by atoms with E-state index in [1.165, 1.54) is 5.56 Å². The third-order valence-electron chi connectivity index (χ3n) is 5.67. The summed E-state index contributed by atoms with van der Waals surface area (Å²) < 4.78 is 13.1. The van der Waals surface area contributed by atoms with Crippen LogP contribution in [-0.4, -0.2) is 41.0 Å². The molecule has 2 bridgehead atoms. The number of carbonyl (C=O) groups is 1. The Morgan fingerprint density at radius 2 is 1.59 bits per heavy atom. The number of hydrogen-bond acceptors (Lipinski definition) is 1. The van der Waals surface area contributed by atoms with E-state index in [9.17, 15) is 9.18 Å². The molecule has 3 fully saturated rings. The van der Waals surface area contributed by atoms with E-state index in [-0.39, 0.29) is 11.8 Å².